The molecule has 0 radical (unpaired) electrons. The molecule has 1 nitrogen and oxygen atoms in total. The number of hydrogen-bond acceptors (Lipinski definition) is 1. The van der Waals surface area contributed by atoms with Crippen LogP contribution in [0.5, 0.6) is 0 Å². The van der Waals surface area contributed by atoms with Crippen molar-refractivity contribution >= 4 is 44.5 Å². The van der Waals surface area contributed by atoms with E-state index in [0.717, 1.165) is 24.0 Å². The van der Waals surface area contributed by atoms with E-state index in [-0.39, 0.29) is 0 Å². The van der Waals surface area contributed by atoms with E-state index in [9.17, 15) is 0 Å². The molecular weight excluding hydrogens is 359 g/mol. The quantitative estimate of drug-likeness (QED) is 0.509. The highest BCUT2D eigenvalue weighted by Crippen LogP contribution is 2.36. The molecule has 2 heteroatoms. The fourth-order valence-corrected chi connectivity index (χ4v) is 3.78. The van der Waals surface area contributed by atoms with Crippen LogP contribution >= 0.6 is 22.6 Å². The normalized spacial score (nSPS) is 11.6. The maximum atomic E-state index is 6.24. The lowest BCUT2D eigenvalue weighted by molar-refractivity contribution is 0.661. The predicted octanol–water partition coefficient (Wildman–Crippen LogP) is 6.01. The first-order valence-corrected chi connectivity index (χ1v) is 8.37. The average Bonchev–Trinajstić information content (AvgIpc) is 2.83. The summed E-state index contributed by atoms with van der Waals surface area (Å²) in [5.41, 5.74) is 6.18. The van der Waals surface area contributed by atoms with Crippen LogP contribution in [0.4, 0.5) is 0 Å². The Bertz CT molecular complexity index is 783. The number of hydrogen-bond donors (Lipinski definition) is 0. The van der Waals surface area contributed by atoms with Gasteiger partial charge in [-0.15, -0.1) is 0 Å². The maximum absolute atomic E-state index is 6.24. The summed E-state index contributed by atoms with van der Waals surface area (Å²) in [4.78, 5) is 0. The fraction of sp³-hybridized carbons (Fsp3) is 0.333. The van der Waals surface area contributed by atoms with E-state index in [1.54, 1.807) is 0 Å². The predicted molar refractivity (Wildman–Crippen MR) is 94.5 cm³/mol. The van der Waals surface area contributed by atoms with E-state index < -0.39 is 0 Å². The lowest BCUT2D eigenvalue weighted by Gasteiger charge is -2.02. The van der Waals surface area contributed by atoms with Crippen LogP contribution in [-0.4, -0.2) is 0 Å². The second kappa shape index (κ2) is 5.40. The number of fused-ring (bicyclic) bond motifs is 3. The van der Waals surface area contributed by atoms with Crippen LogP contribution in [0.25, 0.3) is 21.9 Å². The van der Waals surface area contributed by atoms with Gasteiger partial charge >= 0.3 is 0 Å². The Morgan fingerprint density at radius 1 is 0.950 bits per heavy atom. The summed E-state index contributed by atoms with van der Waals surface area (Å²) in [5.74, 6) is 0. The molecule has 0 fully saturated rings. The van der Waals surface area contributed by atoms with E-state index in [1.165, 1.54) is 37.5 Å². The third-order valence-corrected chi connectivity index (χ3v) is 5.27. The monoisotopic (exact) mass is 378 g/mol. The van der Waals surface area contributed by atoms with Gasteiger partial charge in [-0.3, -0.25) is 0 Å². The zero-order valence-corrected chi connectivity index (χ0v) is 14.4. The number of benzene rings is 2. The van der Waals surface area contributed by atoms with Gasteiger partial charge in [-0.05, 0) is 59.0 Å². The van der Waals surface area contributed by atoms with Gasteiger partial charge in [0.1, 0.15) is 11.2 Å². The second-order valence-corrected chi connectivity index (χ2v) is 6.43. The first-order valence-electron chi connectivity index (χ1n) is 7.29. The van der Waals surface area contributed by atoms with E-state index in [0.29, 0.717) is 0 Å². The van der Waals surface area contributed by atoms with E-state index in [2.05, 4.69) is 67.6 Å². The van der Waals surface area contributed by atoms with Gasteiger partial charge in [0.25, 0.3) is 0 Å². The molecule has 0 aliphatic rings. The Hall–Kier alpha value is -1.03. The summed E-state index contributed by atoms with van der Waals surface area (Å²) in [6.45, 7) is 6.58. The average molecular weight is 378 g/mol. The second-order valence-electron chi connectivity index (χ2n) is 5.35. The summed E-state index contributed by atoms with van der Waals surface area (Å²) in [5, 5.41) is 2.49. The molecule has 2 aromatic carbocycles. The highest BCUT2D eigenvalue weighted by atomic mass is 127. The van der Waals surface area contributed by atoms with Crippen LogP contribution in [-0.2, 0) is 12.8 Å². The van der Waals surface area contributed by atoms with E-state index in [1.807, 2.05) is 0 Å². The molecule has 0 saturated heterocycles. The SMILES string of the molecule is CCCc1ccc2c(oc3c(C)c(CC)ccc32)c1I. The maximum Gasteiger partial charge on any atom is 0.149 e. The number of furan rings is 1. The van der Waals surface area contributed by atoms with Crippen LogP contribution in [0, 0.1) is 10.5 Å². The molecule has 20 heavy (non-hydrogen) atoms. The van der Waals surface area contributed by atoms with Gasteiger partial charge in [0.2, 0.25) is 0 Å². The van der Waals surface area contributed by atoms with Gasteiger partial charge in [0.05, 0.1) is 3.57 Å². The Morgan fingerprint density at radius 3 is 2.25 bits per heavy atom. The van der Waals surface area contributed by atoms with Crippen molar-refractivity contribution in [2.45, 2.75) is 40.0 Å². The van der Waals surface area contributed by atoms with Crippen LogP contribution in [0.3, 0.4) is 0 Å². The minimum Gasteiger partial charge on any atom is -0.455 e. The molecule has 3 aromatic rings. The lowest BCUT2D eigenvalue weighted by Crippen LogP contribution is -1.87. The first kappa shape index (κ1) is 13.9. The molecular formula is C18H19IO. The van der Waals surface area contributed by atoms with Crippen molar-refractivity contribution in [3.8, 4) is 0 Å². The molecule has 0 bridgehead atoms. The van der Waals surface area contributed by atoms with Crippen molar-refractivity contribution in [1.82, 2.24) is 0 Å². The number of aryl methyl sites for hydroxylation is 3. The van der Waals surface area contributed by atoms with Crippen LogP contribution in [0.15, 0.2) is 28.7 Å². The fourth-order valence-electron chi connectivity index (χ4n) is 2.93. The Morgan fingerprint density at radius 2 is 1.60 bits per heavy atom. The van der Waals surface area contributed by atoms with Crippen molar-refractivity contribution in [3.05, 3.63) is 44.5 Å². The lowest BCUT2D eigenvalue weighted by atomic mass is 10.0. The molecule has 0 unspecified atom stereocenters. The van der Waals surface area contributed by atoms with E-state index in [4.69, 9.17) is 4.42 Å². The van der Waals surface area contributed by atoms with Gasteiger partial charge in [0.15, 0.2) is 0 Å². The zero-order valence-electron chi connectivity index (χ0n) is 12.2. The van der Waals surface area contributed by atoms with Crippen LogP contribution in [0.2, 0.25) is 0 Å². The first-order chi connectivity index (χ1) is 9.67. The summed E-state index contributed by atoms with van der Waals surface area (Å²) >= 11 is 2.43. The zero-order chi connectivity index (χ0) is 14.3. The van der Waals surface area contributed by atoms with Gasteiger partial charge in [-0.25, -0.2) is 0 Å². The van der Waals surface area contributed by atoms with Crippen molar-refractivity contribution < 1.29 is 4.42 Å². The summed E-state index contributed by atoms with van der Waals surface area (Å²) < 4.78 is 7.51. The van der Waals surface area contributed by atoms with Gasteiger partial charge in [-0.2, -0.15) is 0 Å². The molecule has 104 valence electrons. The third kappa shape index (κ3) is 2.05. The highest BCUT2D eigenvalue weighted by Gasteiger charge is 2.14. The highest BCUT2D eigenvalue weighted by molar-refractivity contribution is 14.1. The Labute approximate surface area is 133 Å². The molecule has 0 spiro atoms. The molecule has 0 amide bonds. The van der Waals surface area contributed by atoms with Crippen molar-refractivity contribution in [3.63, 3.8) is 0 Å². The minimum atomic E-state index is 1.05. The molecule has 0 aliphatic carbocycles. The molecule has 3 rings (SSSR count). The van der Waals surface area contributed by atoms with Gasteiger partial charge in [0, 0.05) is 10.8 Å². The van der Waals surface area contributed by atoms with Crippen molar-refractivity contribution in [2.24, 2.45) is 0 Å². The molecule has 0 aliphatic heterocycles. The summed E-state index contributed by atoms with van der Waals surface area (Å²) in [7, 11) is 0. The Balaban J connectivity index is 2.35. The standard InChI is InChI=1S/C18H19IO/c1-4-6-13-8-10-15-14-9-7-12(5-2)11(3)17(14)20-18(15)16(13)19/h7-10H,4-6H2,1-3H3. The van der Waals surface area contributed by atoms with Gasteiger partial charge < -0.3 is 4.42 Å². The van der Waals surface area contributed by atoms with E-state index >= 15 is 0 Å². The van der Waals surface area contributed by atoms with Crippen molar-refractivity contribution in [2.75, 3.05) is 0 Å². The smallest absolute Gasteiger partial charge is 0.149 e. The third-order valence-electron chi connectivity index (χ3n) is 4.09. The van der Waals surface area contributed by atoms with Crippen LogP contribution < -0.4 is 0 Å². The number of halogens is 1. The number of rotatable bonds is 3. The molecule has 0 saturated carbocycles. The molecule has 0 atom stereocenters. The largest absolute Gasteiger partial charge is 0.455 e. The molecule has 0 N–H and O–H groups in total. The minimum absolute atomic E-state index is 1.05. The van der Waals surface area contributed by atoms with Crippen molar-refractivity contribution in [1.29, 1.82) is 0 Å². The van der Waals surface area contributed by atoms with Gasteiger partial charge in [-0.1, -0.05) is 44.5 Å². The molecule has 1 heterocycles. The molecule has 1 aromatic heterocycles. The van der Waals surface area contributed by atoms with Crippen LogP contribution in [0.1, 0.15) is 37.0 Å². The Kier molecular flexibility index (Phi) is 3.76. The topological polar surface area (TPSA) is 13.1 Å². The summed E-state index contributed by atoms with van der Waals surface area (Å²) in [6, 6.07) is 8.92. The summed E-state index contributed by atoms with van der Waals surface area (Å²) in [6.07, 6.45) is 3.34.